The second-order valence-electron chi connectivity index (χ2n) is 2.07. The van der Waals surface area contributed by atoms with Gasteiger partial charge in [0.15, 0.2) is 0 Å². The number of nitrogens with zero attached hydrogens (tertiary/aromatic N) is 1. The third-order valence-corrected chi connectivity index (χ3v) is 1.22. The molecule has 0 bridgehead atoms. The van der Waals surface area contributed by atoms with Crippen LogP contribution in [-0.2, 0) is 6.54 Å². The lowest BCUT2D eigenvalue weighted by Gasteiger charge is -2.04. The lowest BCUT2D eigenvalue weighted by molar-refractivity contribution is -0.0499. The van der Waals surface area contributed by atoms with Crippen LogP contribution in [0.15, 0.2) is 18.3 Å². The van der Waals surface area contributed by atoms with Gasteiger partial charge in [0.2, 0.25) is 0 Å². The number of halogens is 3. The van der Waals surface area contributed by atoms with Crippen LogP contribution in [0.2, 0.25) is 0 Å². The molecule has 6 heteroatoms. The summed E-state index contributed by atoms with van der Waals surface area (Å²) in [6.07, 6.45) is 1.37. The third-order valence-electron chi connectivity index (χ3n) is 1.22. The summed E-state index contributed by atoms with van der Waals surface area (Å²) in [5, 5.41) is 0. The molecule has 0 spiro atoms. The van der Waals surface area contributed by atoms with Crippen molar-refractivity contribution < 1.29 is 13.5 Å². The van der Waals surface area contributed by atoms with Gasteiger partial charge in [-0.25, -0.2) is 0 Å². The minimum Gasteiger partial charge on any atom is -0.435 e. The molecule has 0 aromatic carbocycles. The van der Waals surface area contributed by atoms with Crippen LogP contribution in [-0.4, -0.2) is 11.6 Å². The Morgan fingerprint density at radius 2 is 2.23 bits per heavy atom. The van der Waals surface area contributed by atoms with E-state index in [1.807, 2.05) is 0 Å². The number of hydrogen-bond donors (Lipinski definition) is 1. The highest BCUT2D eigenvalue weighted by Crippen LogP contribution is 2.13. The first-order valence-electron chi connectivity index (χ1n) is 3.32. The topological polar surface area (TPSA) is 48.1 Å². The van der Waals surface area contributed by atoms with Crippen LogP contribution < -0.4 is 10.5 Å². The molecule has 0 aliphatic carbocycles. The summed E-state index contributed by atoms with van der Waals surface area (Å²) in [5.74, 6) is 0.0838. The van der Waals surface area contributed by atoms with Gasteiger partial charge in [-0.15, -0.1) is 12.4 Å². The van der Waals surface area contributed by atoms with E-state index in [9.17, 15) is 8.78 Å². The average Bonchev–Trinajstić information content (AvgIpc) is 2.03. The summed E-state index contributed by atoms with van der Waals surface area (Å²) in [5.41, 5.74) is 5.77. The standard InChI is InChI=1S/C7H8F2N2O.ClH/c8-7(9)12-6-1-2-11-5(3-6)4-10;/h1-3,7H,4,10H2;1H. The van der Waals surface area contributed by atoms with Gasteiger partial charge >= 0.3 is 6.61 Å². The van der Waals surface area contributed by atoms with Crippen LogP contribution in [0.5, 0.6) is 5.75 Å². The van der Waals surface area contributed by atoms with Crippen LogP contribution in [0.4, 0.5) is 8.78 Å². The lowest BCUT2D eigenvalue weighted by Crippen LogP contribution is -2.04. The molecule has 0 aliphatic heterocycles. The molecule has 0 atom stereocenters. The van der Waals surface area contributed by atoms with Crippen LogP contribution in [0.3, 0.4) is 0 Å². The molecule has 1 aromatic heterocycles. The Labute approximate surface area is 80.3 Å². The van der Waals surface area contributed by atoms with Crippen molar-refractivity contribution in [2.75, 3.05) is 0 Å². The smallest absolute Gasteiger partial charge is 0.387 e. The lowest BCUT2D eigenvalue weighted by atomic mass is 10.3. The number of hydrogen-bond acceptors (Lipinski definition) is 3. The fourth-order valence-corrected chi connectivity index (χ4v) is 0.744. The van der Waals surface area contributed by atoms with E-state index in [2.05, 4.69) is 9.72 Å². The highest BCUT2D eigenvalue weighted by molar-refractivity contribution is 5.85. The average molecular weight is 211 g/mol. The van der Waals surface area contributed by atoms with Crippen molar-refractivity contribution in [3.05, 3.63) is 24.0 Å². The first-order valence-corrected chi connectivity index (χ1v) is 3.32. The Kier molecular flexibility index (Phi) is 5.25. The normalized spacial score (nSPS) is 9.54. The Hall–Kier alpha value is -0.940. The SMILES string of the molecule is Cl.NCc1cc(OC(F)F)ccn1. The molecule has 1 heterocycles. The number of nitrogens with two attached hydrogens (primary N) is 1. The molecule has 13 heavy (non-hydrogen) atoms. The molecule has 1 aromatic rings. The van der Waals surface area contributed by atoms with Gasteiger partial charge in [0.05, 0.1) is 5.69 Å². The Bertz CT molecular complexity index is 260. The first kappa shape index (κ1) is 12.1. The maximum absolute atomic E-state index is 11.7. The molecular weight excluding hydrogens is 202 g/mol. The number of ether oxygens (including phenoxy) is 1. The van der Waals surface area contributed by atoms with E-state index in [-0.39, 0.29) is 24.7 Å². The van der Waals surface area contributed by atoms with Crippen LogP contribution >= 0.6 is 12.4 Å². The fraction of sp³-hybridized carbons (Fsp3) is 0.286. The second-order valence-corrected chi connectivity index (χ2v) is 2.07. The van der Waals surface area contributed by atoms with E-state index in [1.54, 1.807) is 0 Å². The second kappa shape index (κ2) is 5.66. The molecule has 0 amide bonds. The molecule has 2 N–H and O–H groups in total. The van der Waals surface area contributed by atoms with Gasteiger partial charge in [-0.2, -0.15) is 8.78 Å². The molecule has 1 rings (SSSR count). The largest absolute Gasteiger partial charge is 0.435 e. The molecule has 0 saturated heterocycles. The van der Waals surface area contributed by atoms with Crippen molar-refractivity contribution in [1.29, 1.82) is 0 Å². The van der Waals surface area contributed by atoms with Gasteiger partial charge in [-0.3, -0.25) is 4.98 Å². The maximum atomic E-state index is 11.7. The molecular formula is C7H9ClF2N2O. The van der Waals surface area contributed by atoms with Gasteiger partial charge < -0.3 is 10.5 Å². The monoisotopic (exact) mass is 210 g/mol. The highest BCUT2D eigenvalue weighted by Gasteiger charge is 2.03. The van der Waals surface area contributed by atoms with E-state index in [4.69, 9.17) is 5.73 Å². The molecule has 3 nitrogen and oxygen atoms in total. The maximum Gasteiger partial charge on any atom is 0.387 e. The zero-order chi connectivity index (χ0) is 8.97. The van der Waals surface area contributed by atoms with E-state index in [1.165, 1.54) is 18.3 Å². The molecule has 0 aliphatic rings. The molecule has 0 radical (unpaired) electrons. The van der Waals surface area contributed by atoms with E-state index in [0.717, 1.165) is 0 Å². The fourth-order valence-electron chi connectivity index (χ4n) is 0.744. The molecule has 0 saturated carbocycles. The summed E-state index contributed by atoms with van der Waals surface area (Å²) in [6, 6.07) is 2.73. The zero-order valence-electron chi connectivity index (χ0n) is 6.61. The summed E-state index contributed by atoms with van der Waals surface area (Å²) < 4.78 is 27.5. The van der Waals surface area contributed by atoms with E-state index in [0.29, 0.717) is 5.69 Å². The van der Waals surface area contributed by atoms with Crippen molar-refractivity contribution in [1.82, 2.24) is 4.98 Å². The van der Waals surface area contributed by atoms with Crippen molar-refractivity contribution >= 4 is 12.4 Å². The number of rotatable bonds is 3. The number of alkyl halides is 2. The van der Waals surface area contributed by atoms with Gasteiger partial charge in [0, 0.05) is 18.8 Å². The van der Waals surface area contributed by atoms with Gasteiger partial charge in [0.1, 0.15) is 5.75 Å². The van der Waals surface area contributed by atoms with Crippen molar-refractivity contribution in [3.8, 4) is 5.75 Å². The first-order chi connectivity index (χ1) is 5.72. The zero-order valence-corrected chi connectivity index (χ0v) is 7.43. The van der Waals surface area contributed by atoms with Crippen molar-refractivity contribution in [2.24, 2.45) is 5.73 Å². The number of pyridine rings is 1. The minimum atomic E-state index is -2.81. The predicted molar refractivity (Wildman–Crippen MR) is 46.0 cm³/mol. The summed E-state index contributed by atoms with van der Waals surface area (Å²) in [4.78, 5) is 3.82. The minimum absolute atomic E-state index is 0. The van der Waals surface area contributed by atoms with Gasteiger partial charge in [-0.05, 0) is 6.07 Å². The summed E-state index contributed by atoms with van der Waals surface area (Å²) in [7, 11) is 0. The summed E-state index contributed by atoms with van der Waals surface area (Å²) in [6.45, 7) is -2.60. The van der Waals surface area contributed by atoms with Crippen molar-refractivity contribution in [2.45, 2.75) is 13.2 Å². The molecule has 0 fully saturated rings. The quantitative estimate of drug-likeness (QED) is 0.824. The highest BCUT2D eigenvalue weighted by atomic mass is 35.5. The Morgan fingerprint density at radius 1 is 1.54 bits per heavy atom. The Balaban J connectivity index is 0.00000144. The summed E-state index contributed by atoms with van der Waals surface area (Å²) >= 11 is 0. The molecule has 74 valence electrons. The van der Waals surface area contributed by atoms with E-state index < -0.39 is 6.61 Å². The van der Waals surface area contributed by atoms with Crippen LogP contribution in [0.25, 0.3) is 0 Å². The Morgan fingerprint density at radius 3 is 2.77 bits per heavy atom. The number of aromatic nitrogens is 1. The van der Waals surface area contributed by atoms with Gasteiger partial charge in [-0.1, -0.05) is 0 Å². The van der Waals surface area contributed by atoms with Crippen LogP contribution in [0, 0.1) is 0 Å². The van der Waals surface area contributed by atoms with Crippen LogP contribution in [0.1, 0.15) is 5.69 Å². The predicted octanol–water partition coefficient (Wildman–Crippen LogP) is 1.56. The third kappa shape index (κ3) is 4.00. The van der Waals surface area contributed by atoms with Gasteiger partial charge in [0.25, 0.3) is 0 Å². The van der Waals surface area contributed by atoms with Crippen molar-refractivity contribution in [3.63, 3.8) is 0 Å². The molecule has 0 unspecified atom stereocenters. The van der Waals surface area contributed by atoms with E-state index >= 15 is 0 Å².